The summed E-state index contributed by atoms with van der Waals surface area (Å²) in [7, 11) is 0. The molecule has 106 valence electrons. The van der Waals surface area contributed by atoms with Crippen molar-refractivity contribution < 1.29 is 14.7 Å². The molecule has 0 atom stereocenters. The summed E-state index contributed by atoms with van der Waals surface area (Å²) in [6.07, 6.45) is 0.460. The van der Waals surface area contributed by atoms with Crippen molar-refractivity contribution >= 4 is 17.5 Å². The number of aromatic nitrogens is 2. The first-order valence-corrected chi connectivity index (χ1v) is 6.45. The van der Waals surface area contributed by atoms with Crippen molar-refractivity contribution in [1.29, 1.82) is 0 Å². The number of fused-ring (bicyclic) bond motifs is 1. The lowest BCUT2D eigenvalue weighted by atomic mass is 10.2. The van der Waals surface area contributed by atoms with E-state index in [9.17, 15) is 9.59 Å². The Balaban J connectivity index is 2.18. The van der Waals surface area contributed by atoms with Gasteiger partial charge >= 0.3 is 5.97 Å². The summed E-state index contributed by atoms with van der Waals surface area (Å²) >= 11 is 0. The molecule has 0 aliphatic carbocycles. The smallest absolute Gasteiger partial charge is 0.303 e. The number of amides is 1. The average Bonchev–Trinajstić information content (AvgIpc) is 2.72. The highest BCUT2D eigenvalue weighted by molar-refractivity contribution is 5.94. The number of aryl methyl sites for hydroxylation is 2. The van der Waals surface area contributed by atoms with E-state index >= 15 is 0 Å². The summed E-state index contributed by atoms with van der Waals surface area (Å²) in [6.45, 7) is 4.04. The zero-order valence-corrected chi connectivity index (χ0v) is 11.5. The van der Waals surface area contributed by atoms with Gasteiger partial charge in [0.1, 0.15) is 11.3 Å². The van der Waals surface area contributed by atoms with Crippen molar-refractivity contribution in [3.05, 3.63) is 35.3 Å². The van der Waals surface area contributed by atoms with Gasteiger partial charge in [-0.05, 0) is 32.4 Å². The highest BCUT2D eigenvalue weighted by Gasteiger charge is 2.17. The molecule has 0 aliphatic rings. The van der Waals surface area contributed by atoms with Crippen LogP contribution in [0.2, 0.25) is 0 Å². The summed E-state index contributed by atoms with van der Waals surface area (Å²) in [5, 5.41) is 11.3. The number of carbonyl (C=O) groups is 2. The Morgan fingerprint density at radius 2 is 2.10 bits per heavy atom. The number of rotatable bonds is 5. The number of carboxylic acids is 1. The van der Waals surface area contributed by atoms with Crippen molar-refractivity contribution in [3.8, 4) is 0 Å². The van der Waals surface area contributed by atoms with Gasteiger partial charge in [-0.25, -0.2) is 4.98 Å². The molecule has 20 heavy (non-hydrogen) atoms. The van der Waals surface area contributed by atoms with Gasteiger partial charge in [-0.15, -0.1) is 0 Å². The van der Waals surface area contributed by atoms with Crippen LogP contribution in [0, 0.1) is 13.8 Å². The van der Waals surface area contributed by atoms with Crippen molar-refractivity contribution in [1.82, 2.24) is 14.7 Å². The molecule has 2 rings (SSSR count). The number of pyridine rings is 1. The first-order valence-electron chi connectivity index (χ1n) is 6.45. The third-order valence-electron chi connectivity index (χ3n) is 3.08. The normalized spacial score (nSPS) is 10.7. The number of nitrogens with zero attached hydrogens (tertiary/aromatic N) is 2. The molecule has 2 aromatic rings. The second-order valence-electron chi connectivity index (χ2n) is 4.66. The fourth-order valence-corrected chi connectivity index (χ4v) is 2.16. The van der Waals surface area contributed by atoms with Gasteiger partial charge in [0.2, 0.25) is 0 Å². The van der Waals surface area contributed by atoms with Crippen LogP contribution in [0.25, 0.3) is 5.65 Å². The molecule has 0 aromatic carbocycles. The third kappa shape index (κ3) is 2.79. The Morgan fingerprint density at radius 3 is 2.80 bits per heavy atom. The quantitative estimate of drug-likeness (QED) is 0.811. The topological polar surface area (TPSA) is 83.7 Å². The molecular formula is C14H17N3O3. The average molecular weight is 275 g/mol. The van der Waals surface area contributed by atoms with Crippen molar-refractivity contribution in [2.45, 2.75) is 26.7 Å². The minimum atomic E-state index is -0.860. The van der Waals surface area contributed by atoms with Gasteiger partial charge in [-0.1, -0.05) is 6.07 Å². The molecule has 2 N–H and O–H groups in total. The molecule has 0 aliphatic heterocycles. The zero-order valence-electron chi connectivity index (χ0n) is 11.5. The predicted octanol–water partition coefficient (Wildman–Crippen LogP) is 1.55. The first-order chi connectivity index (χ1) is 9.50. The molecule has 0 saturated heterocycles. The fourth-order valence-electron chi connectivity index (χ4n) is 2.16. The number of aliphatic carboxylic acids is 1. The van der Waals surface area contributed by atoms with E-state index < -0.39 is 5.97 Å². The van der Waals surface area contributed by atoms with Gasteiger partial charge < -0.3 is 10.4 Å². The van der Waals surface area contributed by atoms with Gasteiger partial charge in [0.15, 0.2) is 0 Å². The van der Waals surface area contributed by atoms with Crippen LogP contribution in [0.15, 0.2) is 18.2 Å². The highest BCUT2D eigenvalue weighted by Crippen LogP contribution is 2.14. The minimum absolute atomic E-state index is 0.0471. The maximum absolute atomic E-state index is 12.2. The summed E-state index contributed by atoms with van der Waals surface area (Å²) < 4.78 is 1.81. The largest absolute Gasteiger partial charge is 0.481 e. The van der Waals surface area contributed by atoms with Crippen LogP contribution in [0.1, 0.15) is 34.7 Å². The number of carboxylic acid groups (broad SMARTS) is 1. The van der Waals surface area contributed by atoms with E-state index in [1.165, 1.54) is 0 Å². The predicted molar refractivity (Wildman–Crippen MR) is 73.9 cm³/mol. The van der Waals surface area contributed by atoms with Crippen molar-refractivity contribution in [2.75, 3.05) is 6.54 Å². The van der Waals surface area contributed by atoms with Crippen molar-refractivity contribution in [3.63, 3.8) is 0 Å². The Bertz CT molecular complexity index is 661. The summed E-state index contributed by atoms with van der Waals surface area (Å²) in [5.74, 6) is -1.09. The lowest BCUT2D eigenvalue weighted by Crippen LogP contribution is -2.27. The molecule has 0 radical (unpaired) electrons. The van der Waals surface area contributed by atoms with Gasteiger partial charge in [0.05, 0.1) is 5.69 Å². The molecule has 0 spiro atoms. The highest BCUT2D eigenvalue weighted by atomic mass is 16.4. The second-order valence-corrected chi connectivity index (χ2v) is 4.66. The molecule has 0 saturated carbocycles. The van der Waals surface area contributed by atoms with E-state index in [0.717, 1.165) is 11.3 Å². The van der Waals surface area contributed by atoms with E-state index in [2.05, 4.69) is 10.3 Å². The maximum Gasteiger partial charge on any atom is 0.303 e. The summed E-state index contributed by atoms with van der Waals surface area (Å²) in [5.41, 5.74) is 2.83. The molecule has 1 amide bonds. The van der Waals surface area contributed by atoms with E-state index in [1.54, 1.807) is 6.92 Å². The molecule has 0 fully saturated rings. The first kappa shape index (κ1) is 14.0. The zero-order chi connectivity index (χ0) is 14.7. The Morgan fingerprint density at radius 1 is 1.35 bits per heavy atom. The molecule has 2 heterocycles. The van der Waals surface area contributed by atoms with E-state index in [4.69, 9.17) is 5.11 Å². The SMILES string of the molecule is Cc1nc2cccc(C)n2c1C(=O)NCCCC(=O)O. The Kier molecular flexibility index (Phi) is 4.02. The molecule has 6 heteroatoms. The van der Waals surface area contributed by atoms with Crippen LogP contribution < -0.4 is 5.32 Å². The third-order valence-corrected chi connectivity index (χ3v) is 3.08. The Labute approximate surface area is 116 Å². The van der Waals surface area contributed by atoms with Crippen molar-refractivity contribution in [2.24, 2.45) is 0 Å². The maximum atomic E-state index is 12.2. The number of hydrogen-bond donors (Lipinski definition) is 2. The molecule has 2 aromatic heterocycles. The number of imidazole rings is 1. The second kappa shape index (κ2) is 5.73. The van der Waals surface area contributed by atoms with Crippen LogP contribution >= 0.6 is 0 Å². The number of carbonyl (C=O) groups excluding carboxylic acids is 1. The van der Waals surface area contributed by atoms with E-state index in [0.29, 0.717) is 24.4 Å². The Hall–Kier alpha value is -2.37. The van der Waals surface area contributed by atoms with Gasteiger partial charge in [-0.3, -0.25) is 14.0 Å². The van der Waals surface area contributed by atoms with Gasteiger partial charge in [0.25, 0.3) is 5.91 Å². The fraction of sp³-hybridized carbons (Fsp3) is 0.357. The molecule has 0 bridgehead atoms. The summed E-state index contributed by atoms with van der Waals surface area (Å²) in [4.78, 5) is 27.0. The molecule has 6 nitrogen and oxygen atoms in total. The number of hydrogen-bond acceptors (Lipinski definition) is 3. The standard InChI is InChI=1S/C14H17N3O3/c1-9-5-3-6-11-16-10(2)13(17(9)11)14(20)15-8-4-7-12(18)19/h3,5-6H,4,7-8H2,1-2H3,(H,15,20)(H,18,19). The van der Waals surface area contributed by atoms with E-state index in [1.807, 2.05) is 29.5 Å². The lowest BCUT2D eigenvalue weighted by Gasteiger charge is -2.07. The van der Waals surface area contributed by atoms with Crippen LogP contribution in [-0.4, -0.2) is 32.9 Å². The van der Waals surface area contributed by atoms with Crippen LogP contribution in [-0.2, 0) is 4.79 Å². The molecule has 0 unspecified atom stereocenters. The van der Waals surface area contributed by atoms with Crippen LogP contribution in [0.3, 0.4) is 0 Å². The van der Waals surface area contributed by atoms with Crippen LogP contribution in [0.5, 0.6) is 0 Å². The monoisotopic (exact) mass is 275 g/mol. The minimum Gasteiger partial charge on any atom is -0.481 e. The summed E-state index contributed by atoms with van der Waals surface area (Å²) in [6, 6.07) is 5.65. The van der Waals surface area contributed by atoms with Gasteiger partial charge in [-0.2, -0.15) is 0 Å². The van der Waals surface area contributed by atoms with Gasteiger partial charge in [0, 0.05) is 18.7 Å². The van der Waals surface area contributed by atoms with Crippen LogP contribution in [0.4, 0.5) is 0 Å². The lowest BCUT2D eigenvalue weighted by molar-refractivity contribution is -0.137. The van der Waals surface area contributed by atoms with E-state index in [-0.39, 0.29) is 12.3 Å². The molecular weight excluding hydrogens is 258 g/mol. The number of nitrogens with one attached hydrogen (secondary N) is 1.